The molecule has 0 aliphatic carbocycles. The van der Waals surface area contributed by atoms with Crippen LogP contribution < -0.4 is 0 Å². The average Bonchev–Trinajstić information content (AvgIpc) is 2.33. The summed E-state index contributed by atoms with van der Waals surface area (Å²) in [7, 11) is 0. The van der Waals surface area contributed by atoms with Gasteiger partial charge in [-0.3, -0.25) is 0 Å². The van der Waals surface area contributed by atoms with E-state index >= 15 is 0 Å². The summed E-state index contributed by atoms with van der Waals surface area (Å²) >= 11 is -1.75. The zero-order valence-corrected chi connectivity index (χ0v) is 14.8. The van der Waals surface area contributed by atoms with Crippen molar-refractivity contribution in [3.8, 4) is 0 Å². The second-order valence-corrected chi connectivity index (χ2v) is 17.3. The molecular weight excluding hydrogens is 271 g/mol. The van der Waals surface area contributed by atoms with Crippen molar-refractivity contribution in [2.75, 3.05) is 13.1 Å². The van der Waals surface area contributed by atoms with Gasteiger partial charge in [0.1, 0.15) is 0 Å². The molecular formula is C14H31GeNO. The van der Waals surface area contributed by atoms with Gasteiger partial charge in [0.2, 0.25) is 0 Å². The van der Waals surface area contributed by atoms with Crippen LogP contribution in [0, 0.1) is 0 Å². The van der Waals surface area contributed by atoms with Crippen LogP contribution in [0.2, 0.25) is 20.5 Å². The Labute approximate surface area is 111 Å². The first-order chi connectivity index (χ1) is 8.01. The predicted octanol–water partition coefficient (Wildman–Crippen LogP) is 4.14. The minimum absolute atomic E-state index is 0.368. The summed E-state index contributed by atoms with van der Waals surface area (Å²) in [6.45, 7) is 15.2. The van der Waals surface area contributed by atoms with Crippen LogP contribution in [0.3, 0.4) is 0 Å². The first-order valence-corrected chi connectivity index (χ1v) is 12.9. The third kappa shape index (κ3) is 4.31. The SMILES string of the molecule is CCN(CC)C(=O)C[CH](C)[Ge]([CH2]C)([CH2]C)[CH2]C. The molecule has 17 heavy (non-hydrogen) atoms. The number of hydrogen-bond acceptors (Lipinski definition) is 1. The van der Waals surface area contributed by atoms with E-state index in [0.717, 1.165) is 19.5 Å². The fraction of sp³-hybridized carbons (Fsp3) is 0.929. The number of rotatable bonds is 8. The van der Waals surface area contributed by atoms with Crippen molar-refractivity contribution in [2.45, 2.75) is 68.5 Å². The standard InChI is InChI=1S/C14H31GeNO/c1-7-15(8-2,9-3)13(6)12-14(17)16(10-4)11-5/h13H,7-12H2,1-6H3. The van der Waals surface area contributed by atoms with Crippen molar-refractivity contribution < 1.29 is 4.79 Å². The molecule has 0 radical (unpaired) electrons. The fourth-order valence-electron chi connectivity index (χ4n) is 2.98. The predicted molar refractivity (Wildman–Crippen MR) is 79.2 cm³/mol. The Bertz CT molecular complexity index is 214. The van der Waals surface area contributed by atoms with E-state index in [1.54, 1.807) is 0 Å². The van der Waals surface area contributed by atoms with E-state index in [1.165, 1.54) is 15.8 Å². The zero-order chi connectivity index (χ0) is 13.5. The van der Waals surface area contributed by atoms with Gasteiger partial charge in [-0.15, -0.1) is 0 Å². The molecule has 1 amide bonds. The number of amides is 1. The molecule has 0 N–H and O–H groups in total. The summed E-state index contributed by atoms with van der Waals surface area (Å²) in [5.74, 6) is 0.368. The topological polar surface area (TPSA) is 20.3 Å². The van der Waals surface area contributed by atoms with Gasteiger partial charge in [-0.2, -0.15) is 0 Å². The number of carbonyl (C=O) groups is 1. The third-order valence-corrected chi connectivity index (χ3v) is 18.4. The summed E-state index contributed by atoms with van der Waals surface area (Å²) in [6.07, 6.45) is 0.789. The summed E-state index contributed by atoms with van der Waals surface area (Å²) in [6, 6.07) is 0. The van der Waals surface area contributed by atoms with Gasteiger partial charge in [-0.1, -0.05) is 0 Å². The molecule has 0 fully saturated rings. The quantitative estimate of drug-likeness (QED) is 0.617. The second-order valence-electron chi connectivity index (χ2n) is 5.09. The molecule has 1 atom stereocenters. The van der Waals surface area contributed by atoms with Gasteiger partial charge in [0, 0.05) is 0 Å². The molecule has 102 valence electrons. The normalized spacial score (nSPS) is 13.5. The summed E-state index contributed by atoms with van der Waals surface area (Å²) < 4.78 is 0.670. The Morgan fingerprint density at radius 1 is 1.00 bits per heavy atom. The Kier molecular flexibility index (Phi) is 8.18. The van der Waals surface area contributed by atoms with Gasteiger partial charge < -0.3 is 0 Å². The Morgan fingerprint density at radius 2 is 1.41 bits per heavy atom. The second kappa shape index (κ2) is 8.17. The molecule has 0 aliphatic heterocycles. The molecule has 0 heterocycles. The van der Waals surface area contributed by atoms with Gasteiger partial charge in [0.15, 0.2) is 0 Å². The number of hydrogen-bond donors (Lipinski definition) is 0. The molecule has 1 unspecified atom stereocenters. The number of nitrogens with zero attached hydrogens (tertiary/aromatic N) is 1. The van der Waals surface area contributed by atoms with E-state index < -0.39 is 13.3 Å². The Morgan fingerprint density at radius 3 is 1.71 bits per heavy atom. The maximum atomic E-state index is 12.2. The van der Waals surface area contributed by atoms with Crippen LogP contribution in [0.15, 0.2) is 0 Å². The first-order valence-electron chi connectivity index (χ1n) is 7.28. The Hall–Kier alpha value is 0.0129. The van der Waals surface area contributed by atoms with Crippen LogP contribution in [-0.2, 0) is 4.79 Å². The van der Waals surface area contributed by atoms with Gasteiger partial charge in [-0.05, 0) is 0 Å². The fourth-order valence-corrected chi connectivity index (χ4v) is 11.8. The molecule has 0 aromatic rings. The Balaban J connectivity index is 4.60. The van der Waals surface area contributed by atoms with Crippen LogP contribution in [0.5, 0.6) is 0 Å². The molecule has 0 saturated heterocycles. The minimum atomic E-state index is -1.75. The maximum absolute atomic E-state index is 12.2. The van der Waals surface area contributed by atoms with Gasteiger partial charge in [0.25, 0.3) is 0 Å². The molecule has 0 rings (SSSR count). The van der Waals surface area contributed by atoms with Crippen LogP contribution in [0.4, 0.5) is 0 Å². The summed E-state index contributed by atoms with van der Waals surface area (Å²) in [5.41, 5.74) is 0. The van der Waals surface area contributed by atoms with Crippen molar-refractivity contribution in [2.24, 2.45) is 0 Å². The molecule has 0 aliphatic rings. The van der Waals surface area contributed by atoms with Crippen LogP contribution in [0.25, 0.3) is 0 Å². The van der Waals surface area contributed by atoms with Crippen molar-refractivity contribution in [3.05, 3.63) is 0 Å². The first kappa shape index (κ1) is 17.0. The van der Waals surface area contributed by atoms with Crippen LogP contribution >= 0.6 is 0 Å². The van der Waals surface area contributed by atoms with E-state index in [4.69, 9.17) is 0 Å². The average molecular weight is 302 g/mol. The summed E-state index contributed by atoms with van der Waals surface area (Å²) in [4.78, 5) is 14.1. The molecule has 0 bridgehead atoms. The van der Waals surface area contributed by atoms with Crippen molar-refractivity contribution in [1.29, 1.82) is 0 Å². The van der Waals surface area contributed by atoms with Crippen LogP contribution in [-0.4, -0.2) is 37.2 Å². The van der Waals surface area contributed by atoms with E-state index in [-0.39, 0.29) is 0 Å². The van der Waals surface area contributed by atoms with Crippen molar-refractivity contribution in [1.82, 2.24) is 4.90 Å². The van der Waals surface area contributed by atoms with Crippen molar-refractivity contribution in [3.63, 3.8) is 0 Å². The van der Waals surface area contributed by atoms with E-state index in [9.17, 15) is 4.79 Å². The van der Waals surface area contributed by atoms with E-state index in [0.29, 0.717) is 10.7 Å². The molecule has 2 nitrogen and oxygen atoms in total. The molecule has 0 aromatic heterocycles. The third-order valence-electron chi connectivity index (χ3n) is 4.75. The van der Waals surface area contributed by atoms with Gasteiger partial charge in [-0.25, -0.2) is 0 Å². The zero-order valence-electron chi connectivity index (χ0n) is 12.7. The van der Waals surface area contributed by atoms with Crippen molar-refractivity contribution >= 4 is 19.2 Å². The molecule has 0 spiro atoms. The molecule has 3 heteroatoms. The monoisotopic (exact) mass is 303 g/mol. The molecule has 0 aromatic carbocycles. The van der Waals surface area contributed by atoms with Crippen LogP contribution in [0.1, 0.15) is 48.0 Å². The van der Waals surface area contributed by atoms with Gasteiger partial charge >= 0.3 is 110 Å². The van der Waals surface area contributed by atoms with Gasteiger partial charge in [0.05, 0.1) is 0 Å². The van der Waals surface area contributed by atoms with E-state index in [1.807, 2.05) is 4.90 Å². The summed E-state index contributed by atoms with van der Waals surface area (Å²) in [5, 5.41) is 4.08. The molecule has 0 saturated carbocycles. The van der Waals surface area contributed by atoms with E-state index in [2.05, 4.69) is 41.5 Å². The number of carbonyl (C=O) groups excluding carboxylic acids is 1.